The Morgan fingerprint density at radius 2 is 1.93 bits per heavy atom. The Kier molecular flexibility index (Phi) is 9.29. The van der Waals surface area contributed by atoms with Gasteiger partial charge in [-0.1, -0.05) is 25.1 Å². The number of pyridine rings is 1. The average Bonchev–Trinajstić information content (AvgIpc) is 2.73. The zero-order chi connectivity index (χ0) is 18.9. The highest BCUT2D eigenvalue weighted by molar-refractivity contribution is 14.0. The zero-order valence-corrected chi connectivity index (χ0v) is 18.4. The third-order valence-electron chi connectivity index (χ3n) is 4.11. The van der Waals surface area contributed by atoms with Crippen LogP contribution in [0, 0.1) is 0 Å². The van der Waals surface area contributed by atoms with Gasteiger partial charge in [-0.05, 0) is 24.6 Å². The predicted octanol–water partition coefficient (Wildman–Crippen LogP) is 3.43. The van der Waals surface area contributed by atoms with Gasteiger partial charge in [0.25, 0.3) is 0 Å². The molecule has 1 aromatic heterocycles. The second-order valence-electron chi connectivity index (χ2n) is 6.14. The molecule has 2 aromatic rings. The van der Waals surface area contributed by atoms with Crippen molar-refractivity contribution in [1.82, 2.24) is 9.88 Å². The van der Waals surface area contributed by atoms with Crippen LogP contribution in [0.2, 0.25) is 0 Å². The van der Waals surface area contributed by atoms with E-state index in [9.17, 15) is 0 Å². The summed E-state index contributed by atoms with van der Waals surface area (Å²) in [7, 11) is 0. The number of nitrogens with zero attached hydrogens (tertiary/aromatic N) is 3. The summed E-state index contributed by atoms with van der Waals surface area (Å²) in [5.74, 6) is 2.35. The molecular weight excluding hydrogens is 471 g/mol. The number of morpholine rings is 1. The van der Waals surface area contributed by atoms with E-state index in [2.05, 4.69) is 16.9 Å². The number of aromatic nitrogens is 1. The lowest BCUT2D eigenvalue weighted by atomic mass is 10.2. The summed E-state index contributed by atoms with van der Waals surface area (Å²) in [6.45, 7) is 5.96. The van der Waals surface area contributed by atoms with Crippen LogP contribution in [0.1, 0.15) is 18.9 Å². The molecule has 1 aliphatic rings. The lowest BCUT2D eigenvalue weighted by Crippen LogP contribution is -2.44. The molecule has 0 spiro atoms. The quantitative estimate of drug-likeness (QED) is 0.358. The number of halogens is 1. The minimum atomic E-state index is 0. The molecule has 3 rings (SSSR count). The van der Waals surface area contributed by atoms with Gasteiger partial charge < -0.3 is 24.8 Å². The van der Waals surface area contributed by atoms with Crippen molar-refractivity contribution in [3.8, 4) is 17.4 Å². The largest absolute Gasteiger partial charge is 0.490 e. The number of rotatable bonds is 7. The maximum absolute atomic E-state index is 6.12. The van der Waals surface area contributed by atoms with E-state index in [0.29, 0.717) is 49.7 Å². The van der Waals surface area contributed by atoms with Gasteiger partial charge in [0, 0.05) is 24.8 Å². The maximum atomic E-state index is 6.12. The van der Waals surface area contributed by atoms with Crippen LogP contribution in [0.25, 0.3) is 0 Å². The lowest BCUT2D eigenvalue weighted by Gasteiger charge is -2.27. The monoisotopic (exact) mass is 498 g/mol. The Bertz CT molecular complexity index is 767. The van der Waals surface area contributed by atoms with Crippen molar-refractivity contribution < 1.29 is 14.2 Å². The first-order valence-corrected chi connectivity index (χ1v) is 9.24. The number of nitrogens with two attached hydrogens (primary N) is 1. The molecule has 2 N–H and O–H groups in total. The van der Waals surface area contributed by atoms with E-state index >= 15 is 0 Å². The number of aliphatic imine (C=N–C) groups is 1. The molecule has 1 saturated heterocycles. The fraction of sp³-hybridized carbons (Fsp3) is 0.400. The molecule has 0 unspecified atom stereocenters. The van der Waals surface area contributed by atoms with Gasteiger partial charge in [-0.25, -0.2) is 9.98 Å². The Morgan fingerprint density at radius 1 is 1.18 bits per heavy atom. The fourth-order valence-corrected chi connectivity index (χ4v) is 2.66. The van der Waals surface area contributed by atoms with E-state index in [4.69, 9.17) is 19.9 Å². The number of para-hydroxylation sites is 2. The topological polar surface area (TPSA) is 82.2 Å². The van der Waals surface area contributed by atoms with E-state index in [1.165, 1.54) is 0 Å². The molecule has 2 heterocycles. The van der Waals surface area contributed by atoms with Crippen molar-refractivity contribution >= 4 is 29.9 Å². The second-order valence-corrected chi connectivity index (χ2v) is 6.14. The Morgan fingerprint density at radius 3 is 2.68 bits per heavy atom. The third kappa shape index (κ3) is 6.23. The number of hydrogen-bond donors (Lipinski definition) is 1. The van der Waals surface area contributed by atoms with Crippen LogP contribution in [-0.2, 0) is 11.3 Å². The first-order chi connectivity index (χ1) is 13.3. The molecule has 0 radical (unpaired) electrons. The molecule has 1 fully saturated rings. The Balaban J connectivity index is 0.00000280. The number of benzene rings is 1. The molecule has 1 aliphatic heterocycles. The molecule has 8 heteroatoms. The van der Waals surface area contributed by atoms with Crippen LogP contribution in [0.5, 0.6) is 17.4 Å². The molecule has 7 nitrogen and oxygen atoms in total. The van der Waals surface area contributed by atoms with Crippen molar-refractivity contribution in [2.45, 2.75) is 19.9 Å². The standard InChI is InChI=1S/C20H26N4O3.HI/c1-2-12-26-17-7-3-4-8-18(17)27-19-16(6-5-9-22-19)15-23-20(21)24-10-13-25-14-11-24;/h3-9H,2,10-15H2,1H3,(H2,21,23);1H. The highest BCUT2D eigenvalue weighted by atomic mass is 127. The number of ether oxygens (including phenoxy) is 3. The SMILES string of the molecule is CCCOc1ccccc1Oc1ncccc1CN=C(N)N1CCOCC1.I. The average molecular weight is 498 g/mol. The minimum Gasteiger partial charge on any atom is -0.490 e. The number of guanidine groups is 1. The summed E-state index contributed by atoms with van der Waals surface area (Å²) in [5.41, 5.74) is 6.98. The van der Waals surface area contributed by atoms with E-state index in [-0.39, 0.29) is 24.0 Å². The summed E-state index contributed by atoms with van der Waals surface area (Å²) in [4.78, 5) is 10.9. The van der Waals surface area contributed by atoms with Crippen molar-refractivity contribution in [2.75, 3.05) is 32.9 Å². The van der Waals surface area contributed by atoms with Crippen LogP contribution < -0.4 is 15.2 Å². The highest BCUT2D eigenvalue weighted by Crippen LogP contribution is 2.32. The second kappa shape index (κ2) is 11.7. The summed E-state index contributed by atoms with van der Waals surface area (Å²) in [6.07, 6.45) is 2.63. The van der Waals surface area contributed by atoms with Gasteiger partial charge in [0.1, 0.15) is 0 Å². The van der Waals surface area contributed by atoms with Gasteiger partial charge in [-0.2, -0.15) is 0 Å². The van der Waals surface area contributed by atoms with Gasteiger partial charge in [-0.3, -0.25) is 0 Å². The summed E-state index contributed by atoms with van der Waals surface area (Å²) in [5, 5.41) is 0. The van der Waals surface area contributed by atoms with Gasteiger partial charge in [0.2, 0.25) is 5.88 Å². The highest BCUT2D eigenvalue weighted by Gasteiger charge is 2.13. The summed E-state index contributed by atoms with van der Waals surface area (Å²) in [6, 6.07) is 11.4. The minimum absolute atomic E-state index is 0. The normalized spacial score (nSPS) is 14.3. The summed E-state index contributed by atoms with van der Waals surface area (Å²) < 4.78 is 17.1. The van der Waals surface area contributed by atoms with Crippen molar-refractivity contribution in [3.05, 3.63) is 48.2 Å². The Hall–Kier alpha value is -2.07. The Labute approximate surface area is 182 Å². The maximum Gasteiger partial charge on any atom is 0.224 e. The molecule has 0 bridgehead atoms. The molecule has 0 amide bonds. The molecule has 1 aromatic carbocycles. The molecular formula is C20H27IN4O3. The van der Waals surface area contributed by atoms with Gasteiger partial charge in [0.05, 0.1) is 26.4 Å². The third-order valence-corrected chi connectivity index (χ3v) is 4.11. The van der Waals surface area contributed by atoms with E-state index in [1.807, 2.05) is 41.3 Å². The van der Waals surface area contributed by atoms with Crippen LogP contribution >= 0.6 is 24.0 Å². The van der Waals surface area contributed by atoms with Crippen LogP contribution in [-0.4, -0.2) is 48.8 Å². The molecule has 28 heavy (non-hydrogen) atoms. The van der Waals surface area contributed by atoms with E-state index < -0.39 is 0 Å². The lowest BCUT2D eigenvalue weighted by molar-refractivity contribution is 0.0674. The van der Waals surface area contributed by atoms with Gasteiger partial charge in [-0.15, -0.1) is 24.0 Å². The van der Waals surface area contributed by atoms with Crippen molar-refractivity contribution in [2.24, 2.45) is 10.7 Å². The smallest absolute Gasteiger partial charge is 0.224 e. The van der Waals surface area contributed by atoms with Gasteiger partial charge in [0.15, 0.2) is 17.5 Å². The zero-order valence-electron chi connectivity index (χ0n) is 16.0. The first kappa shape index (κ1) is 22.2. The van der Waals surface area contributed by atoms with Crippen molar-refractivity contribution in [3.63, 3.8) is 0 Å². The molecule has 0 atom stereocenters. The fourth-order valence-electron chi connectivity index (χ4n) is 2.66. The van der Waals surface area contributed by atoms with Gasteiger partial charge >= 0.3 is 0 Å². The van der Waals surface area contributed by atoms with Crippen molar-refractivity contribution in [1.29, 1.82) is 0 Å². The summed E-state index contributed by atoms with van der Waals surface area (Å²) >= 11 is 0. The van der Waals surface area contributed by atoms with E-state index in [0.717, 1.165) is 25.1 Å². The van der Waals surface area contributed by atoms with E-state index in [1.54, 1.807) is 6.20 Å². The van der Waals surface area contributed by atoms with Crippen LogP contribution in [0.15, 0.2) is 47.6 Å². The van der Waals surface area contributed by atoms with Crippen LogP contribution in [0.4, 0.5) is 0 Å². The molecule has 152 valence electrons. The molecule has 0 saturated carbocycles. The predicted molar refractivity (Wildman–Crippen MR) is 120 cm³/mol. The number of hydrogen-bond acceptors (Lipinski definition) is 5. The first-order valence-electron chi connectivity index (χ1n) is 9.24. The molecule has 0 aliphatic carbocycles. The van der Waals surface area contributed by atoms with Crippen LogP contribution in [0.3, 0.4) is 0 Å².